The van der Waals surface area contributed by atoms with Crippen molar-refractivity contribution in [1.29, 1.82) is 0 Å². The lowest BCUT2D eigenvalue weighted by atomic mass is 10.1. The number of hydrogen-bond donors (Lipinski definition) is 1. The molecule has 1 N–H and O–H groups in total. The first-order chi connectivity index (χ1) is 11.0. The third-order valence-electron chi connectivity index (χ3n) is 2.94. The highest BCUT2D eigenvalue weighted by Crippen LogP contribution is 2.13. The normalized spacial score (nSPS) is 11.6. The van der Waals surface area contributed by atoms with Crippen molar-refractivity contribution in [3.8, 4) is 0 Å². The SMILES string of the molecule is C[C@H](OC(=O)CNC(=O)c1ccco1)C(=O)c1ccc(Br)cc1. The molecule has 6 nitrogen and oxygen atoms in total. The van der Waals surface area contributed by atoms with Crippen molar-refractivity contribution in [3.63, 3.8) is 0 Å². The monoisotopic (exact) mass is 379 g/mol. The summed E-state index contributed by atoms with van der Waals surface area (Å²) in [5, 5.41) is 2.35. The fraction of sp³-hybridized carbons (Fsp3) is 0.188. The topological polar surface area (TPSA) is 85.6 Å². The highest BCUT2D eigenvalue weighted by molar-refractivity contribution is 9.10. The van der Waals surface area contributed by atoms with E-state index in [4.69, 9.17) is 9.15 Å². The number of ether oxygens (including phenoxy) is 1. The average molecular weight is 380 g/mol. The van der Waals surface area contributed by atoms with Crippen LogP contribution in [0.2, 0.25) is 0 Å². The van der Waals surface area contributed by atoms with Gasteiger partial charge in [0.25, 0.3) is 5.91 Å². The summed E-state index contributed by atoms with van der Waals surface area (Å²) in [6.07, 6.45) is 0.413. The number of amides is 1. The van der Waals surface area contributed by atoms with Crippen LogP contribution in [-0.2, 0) is 9.53 Å². The Bertz CT molecular complexity index is 694. The van der Waals surface area contributed by atoms with Crippen molar-refractivity contribution >= 4 is 33.6 Å². The van der Waals surface area contributed by atoms with Gasteiger partial charge in [-0.25, -0.2) is 0 Å². The third-order valence-corrected chi connectivity index (χ3v) is 3.47. The van der Waals surface area contributed by atoms with E-state index in [0.717, 1.165) is 4.47 Å². The number of ketones is 1. The maximum absolute atomic E-state index is 12.1. The van der Waals surface area contributed by atoms with E-state index in [0.29, 0.717) is 5.56 Å². The summed E-state index contributed by atoms with van der Waals surface area (Å²) in [6, 6.07) is 9.76. The molecule has 0 unspecified atom stereocenters. The van der Waals surface area contributed by atoms with E-state index >= 15 is 0 Å². The van der Waals surface area contributed by atoms with Crippen LogP contribution in [-0.4, -0.2) is 30.3 Å². The Hall–Kier alpha value is -2.41. The van der Waals surface area contributed by atoms with Crippen LogP contribution in [0, 0.1) is 0 Å². The number of hydrogen-bond acceptors (Lipinski definition) is 5. The quantitative estimate of drug-likeness (QED) is 0.615. The van der Waals surface area contributed by atoms with Crippen LogP contribution in [0.25, 0.3) is 0 Å². The van der Waals surface area contributed by atoms with Crippen LogP contribution in [0.1, 0.15) is 27.8 Å². The molecule has 23 heavy (non-hydrogen) atoms. The Morgan fingerprint density at radius 3 is 2.52 bits per heavy atom. The molecular formula is C16H14BrNO5. The van der Waals surface area contributed by atoms with E-state index in [2.05, 4.69) is 21.2 Å². The molecule has 2 rings (SSSR count). The molecule has 1 aromatic carbocycles. The first-order valence-corrected chi connectivity index (χ1v) is 7.57. The summed E-state index contributed by atoms with van der Waals surface area (Å²) in [4.78, 5) is 35.4. The van der Waals surface area contributed by atoms with E-state index in [-0.39, 0.29) is 18.1 Å². The van der Waals surface area contributed by atoms with E-state index in [1.165, 1.54) is 19.3 Å². The van der Waals surface area contributed by atoms with E-state index in [1.54, 1.807) is 30.3 Å². The second kappa shape index (κ2) is 7.73. The lowest BCUT2D eigenvalue weighted by Gasteiger charge is -2.12. The molecule has 0 bridgehead atoms. The van der Waals surface area contributed by atoms with Crippen LogP contribution in [0.15, 0.2) is 51.6 Å². The Labute approximate surface area is 140 Å². The number of furan rings is 1. The van der Waals surface area contributed by atoms with Crippen molar-refractivity contribution in [2.24, 2.45) is 0 Å². The summed E-state index contributed by atoms with van der Waals surface area (Å²) >= 11 is 3.28. The lowest BCUT2D eigenvalue weighted by molar-refractivity contribution is -0.145. The van der Waals surface area contributed by atoms with Crippen molar-refractivity contribution < 1.29 is 23.5 Å². The molecule has 1 atom stereocenters. The Balaban J connectivity index is 1.83. The van der Waals surface area contributed by atoms with Gasteiger partial charge in [0.1, 0.15) is 6.54 Å². The number of carbonyl (C=O) groups excluding carboxylic acids is 3. The standard InChI is InChI=1S/C16H14BrNO5/c1-10(15(20)11-4-6-12(17)7-5-11)23-14(19)9-18-16(21)13-3-2-8-22-13/h2-8,10H,9H2,1H3,(H,18,21)/t10-/m0/s1. The van der Waals surface area contributed by atoms with Gasteiger partial charge < -0.3 is 14.5 Å². The number of Topliss-reactive ketones (excluding diaryl/α,β-unsaturated/α-hetero) is 1. The summed E-state index contributed by atoms with van der Waals surface area (Å²) < 4.78 is 10.8. The van der Waals surface area contributed by atoms with Crippen molar-refractivity contribution in [2.45, 2.75) is 13.0 Å². The minimum absolute atomic E-state index is 0.0942. The first-order valence-electron chi connectivity index (χ1n) is 6.78. The van der Waals surface area contributed by atoms with Crippen LogP contribution >= 0.6 is 15.9 Å². The second-order valence-electron chi connectivity index (χ2n) is 4.66. The van der Waals surface area contributed by atoms with Gasteiger partial charge in [0.2, 0.25) is 5.78 Å². The summed E-state index contributed by atoms with van der Waals surface area (Å²) in [7, 11) is 0. The fourth-order valence-electron chi connectivity index (χ4n) is 1.79. The molecule has 1 heterocycles. The molecule has 0 fully saturated rings. The highest BCUT2D eigenvalue weighted by Gasteiger charge is 2.20. The zero-order chi connectivity index (χ0) is 16.8. The first kappa shape index (κ1) is 17.0. The molecule has 0 aliphatic carbocycles. The zero-order valence-electron chi connectivity index (χ0n) is 12.2. The Morgan fingerprint density at radius 2 is 1.91 bits per heavy atom. The fourth-order valence-corrected chi connectivity index (χ4v) is 2.05. The molecule has 7 heteroatoms. The van der Waals surface area contributed by atoms with E-state index < -0.39 is 18.0 Å². The molecular weight excluding hydrogens is 366 g/mol. The maximum Gasteiger partial charge on any atom is 0.326 e. The van der Waals surface area contributed by atoms with Crippen LogP contribution in [0.5, 0.6) is 0 Å². The van der Waals surface area contributed by atoms with Crippen LogP contribution in [0.3, 0.4) is 0 Å². The Morgan fingerprint density at radius 1 is 1.22 bits per heavy atom. The number of carbonyl (C=O) groups is 3. The Kier molecular flexibility index (Phi) is 5.70. The number of benzene rings is 1. The molecule has 2 aromatic rings. The third kappa shape index (κ3) is 4.79. The molecule has 1 aromatic heterocycles. The van der Waals surface area contributed by atoms with Gasteiger partial charge in [-0.15, -0.1) is 0 Å². The number of halogens is 1. The van der Waals surface area contributed by atoms with Gasteiger partial charge in [0.05, 0.1) is 6.26 Å². The summed E-state index contributed by atoms with van der Waals surface area (Å²) in [5.41, 5.74) is 0.438. The molecule has 0 aliphatic heterocycles. The molecule has 0 saturated carbocycles. The van der Waals surface area contributed by atoms with E-state index in [1.807, 2.05) is 0 Å². The predicted octanol–water partition coefficient (Wildman–Crippen LogP) is 2.59. The summed E-state index contributed by atoms with van der Waals surface area (Å²) in [6.45, 7) is 1.13. The minimum atomic E-state index is -0.941. The van der Waals surface area contributed by atoms with Gasteiger partial charge in [-0.3, -0.25) is 14.4 Å². The summed E-state index contributed by atoms with van der Waals surface area (Å²) in [5.74, 6) is -1.46. The van der Waals surface area contributed by atoms with Crippen molar-refractivity contribution in [3.05, 3.63) is 58.5 Å². The van der Waals surface area contributed by atoms with Gasteiger partial charge in [0, 0.05) is 10.0 Å². The molecule has 0 radical (unpaired) electrons. The number of esters is 1. The molecule has 0 saturated heterocycles. The second-order valence-corrected chi connectivity index (χ2v) is 5.58. The van der Waals surface area contributed by atoms with Crippen molar-refractivity contribution in [2.75, 3.05) is 6.54 Å². The predicted molar refractivity (Wildman–Crippen MR) is 85.1 cm³/mol. The smallest absolute Gasteiger partial charge is 0.326 e. The zero-order valence-corrected chi connectivity index (χ0v) is 13.8. The minimum Gasteiger partial charge on any atom is -0.459 e. The molecule has 1 amide bonds. The maximum atomic E-state index is 12.1. The molecule has 0 spiro atoms. The van der Waals surface area contributed by atoms with E-state index in [9.17, 15) is 14.4 Å². The van der Waals surface area contributed by atoms with Gasteiger partial charge in [-0.2, -0.15) is 0 Å². The van der Waals surface area contributed by atoms with Gasteiger partial charge in [0.15, 0.2) is 11.9 Å². The number of rotatable bonds is 6. The number of nitrogens with one attached hydrogen (secondary N) is 1. The lowest BCUT2D eigenvalue weighted by Crippen LogP contribution is -2.33. The van der Waals surface area contributed by atoms with Gasteiger partial charge in [-0.1, -0.05) is 28.1 Å². The highest BCUT2D eigenvalue weighted by atomic mass is 79.9. The molecule has 0 aliphatic rings. The largest absolute Gasteiger partial charge is 0.459 e. The van der Waals surface area contributed by atoms with Crippen LogP contribution in [0.4, 0.5) is 0 Å². The van der Waals surface area contributed by atoms with Gasteiger partial charge >= 0.3 is 5.97 Å². The van der Waals surface area contributed by atoms with Gasteiger partial charge in [-0.05, 0) is 31.2 Å². The molecule has 120 valence electrons. The van der Waals surface area contributed by atoms with Crippen LogP contribution < -0.4 is 5.32 Å². The average Bonchev–Trinajstić information content (AvgIpc) is 3.07. The van der Waals surface area contributed by atoms with Crippen molar-refractivity contribution in [1.82, 2.24) is 5.32 Å².